The molecule has 6 nitrogen and oxygen atoms in total. The highest BCUT2D eigenvalue weighted by Gasteiger charge is 2.34. The molecule has 0 bridgehead atoms. The molecule has 1 aliphatic heterocycles. The summed E-state index contributed by atoms with van der Waals surface area (Å²) in [6.07, 6.45) is 0.364. The van der Waals surface area contributed by atoms with Crippen molar-refractivity contribution in [3.63, 3.8) is 0 Å². The molecule has 1 amide bonds. The Morgan fingerprint density at radius 1 is 1.28 bits per heavy atom. The number of carbonyl (C=O) groups is 1. The SMILES string of the molecule is COc1cccc2c1O/C(=N/O)[C@H](C(=O)Nc1cccc(C)c1C)C2. The smallest absolute Gasteiger partial charge is 0.244 e. The van der Waals surface area contributed by atoms with Gasteiger partial charge in [-0.1, -0.05) is 29.4 Å². The number of oxime groups is 1. The second kappa shape index (κ2) is 6.84. The number of nitrogens with one attached hydrogen (secondary N) is 1. The third kappa shape index (κ3) is 3.15. The molecule has 0 spiro atoms. The van der Waals surface area contributed by atoms with E-state index in [0.717, 1.165) is 22.4 Å². The Hall–Kier alpha value is -3.02. The number of ether oxygens (including phenoxy) is 2. The first-order valence-corrected chi connectivity index (χ1v) is 7.98. The largest absolute Gasteiger partial charge is 0.493 e. The summed E-state index contributed by atoms with van der Waals surface area (Å²) in [4.78, 5) is 12.8. The van der Waals surface area contributed by atoms with Crippen LogP contribution in [0.15, 0.2) is 41.6 Å². The Balaban J connectivity index is 1.88. The van der Waals surface area contributed by atoms with Crippen molar-refractivity contribution in [2.24, 2.45) is 11.1 Å². The van der Waals surface area contributed by atoms with Gasteiger partial charge in [-0.15, -0.1) is 0 Å². The standard InChI is InChI=1S/C19H20N2O4/c1-11-6-4-8-15(12(11)2)20-18(22)14-10-13-7-5-9-16(24-3)17(13)25-19(14)21-23/h4-9,14,23H,10H2,1-3H3,(H,20,22)/b21-19+/t14-/m0/s1. The summed E-state index contributed by atoms with van der Waals surface area (Å²) in [6.45, 7) is 3.93. The molecule has 130 valence electrons. The first kappa shape index (κ1) is 16.8. The number of hydrogen-bond acceptors (Lipinski definition) is 5. The second-order valence-electron chi connectivity index (χ2n) is 5.98. The van der Waals surface area contributed by atoms with E-state index in [1.54, 1.807) is 6.07 Å². The summed E-state index contributed by atoms with van der Waals surface area (Å²) in [7, 11) is 1.54. The minimum atomic E-state index is -0.718. The van der Waals surface area contributed by atoms with Crippen LogP contribution in [0.1, 0.15) is 16.7 Å². The van der Waals surface area contributed by atoms with Crippen molar-refractivity contribution < 1.29 is 19.5 Å². The van der Waals surface area contributed by atoms with E-state index in [0.29, 0.717) is 17.9 Å². The quantitative estimate of drug-likeness (QED) is 0.664. The Morgan fingerprint density at radius 3 is 2.76 bits per heavy atom. The molecule has 1 heterocycles. The van der Waals surface area contributed by atoms with Crippen LogP contribution in [-0.4, -0.2) is 24.1 Å². The molecular weight excluding hydrogens is 320 g/mol. The lowest BCUT2D eigenvalue weighted by molar-refractivity contribution is -0.118. The summed E-state index contributed by atoms with van der Waals surface area (Å²) >= 11 is 0. The van der Waals surface area contributed by atoms with Crippen molar-refractivity contribution in [2.45, 2.75) is 20.3 Å². The van der Waals surface area contributed by atoms with E-state index in [1.807, 2.05) is 44.2 Å². The molecule has 0 aliphatic carbocycles. The monoisotopic (exact) mass is 340 g/mol. The fraction of sp³-hybridized carbons (Fsp3) is 0.263. The Morgan fingerprint density at radius 2 is 2.04 bits per heavy atom. The third-order valence-electron chi connectivity index (χ3n) is 4.49. The van der Waals surface area contributed by atoms with Crippen molar-refractivity contribution in [1.82, 2.24) is 0 Å². The zero-order valence-electron chi connectivity index (χ0n) is 14.4. The first-order valence-electron chi connectivity index (χ1n) is 7.98. The molecule has 2 aromatic rings. The second-order valence-corrected chi connectivity index (χ2v) is 5.98. The number of para-hydroxylation sites is 1. The number of methoxy groups -OCH3 is 1. The third-order valence-corrected chi connectivity index (χ3v) is 4.49. The zero-order valence-corrected chi connectivity index (χ0v) is 14.4. The highest BCUT2D eigenvalue weighted by Crippen LogP contribution is 2.37. The zero-order chi connectivity index (χ0) is 18.0. The van der Waals surface area contributed by atoms with E-state index < -0.39 is 5.92 Å². The molecule has 0 radical (unpaired) electrons. The van der Waals surface area contributed by atoms with Gasteiger partial charge < -0.3 is 20.0 Å². The van der Waals surface area contributed by atoms with Crippen LogP contribution in [0.3, 0.4) is 0 Å². The number of rotatable bonds is 3. The average Bonchev–Trinajstić information content (AvgIpc) is 2.63. The first-order chi connectivity index (χ1) is 12.0. The molecule has 0 unspecified atom stereocenters. The van der Waals surface area contributed by atoms with Gasteiger partial charge in [-0.3, -0.25) is 4.79 Å². The Bertz CT molecular complexity index is 845. The summed E-state index contributed by atoms with van der Waals surface area (Å²) in [5.74, 6) is -0.0279. The maximum atomic E-state index is 12.8. The van der Waals surface area contributed by atoms with Gasteiger partial charge in [0.25, 0.3) is 0 Å². The lowest BCUT2D eigenvalue weighted by Gasteiger charge is -2.26. The van der Waals surface area contributed by atoms with Crippen LogP contribution in [0.2, 0.25) is 0 Å². The molecular formula is C19H20N2O4. The number of aryl methyl sites for hydroxylation is 1. The average molecular weight is 340 g/mol. The Kier molecular flexibility index (Phi) is 4.61. The van der Waals surface area contributed by atoms with Crippen LogP contribution >= 0.6 is 0 Å². The molecule has 6 heteroatoms. The van der Waals surface area contributed by atoms with Crippen LogP contribution in [-0.2, 0) is 11.2 Å². The molecule has 2 aromatic carbocycles. The van der Waals surface area contributed by atoms with Crippen LogP contribution < -0.4 is 14.8 Å². The maximum Gasteiger partial charge on any atom is 0.244 e. The predicted octanol–water partition coefficient (Wildman–Crippen LogP) is 3.29. The topological polar surface area (TPSA) is 80.2 Å². The maximum absolute atomic E-state index is 12.8. The fourth-order valence-electron chi connectivity index (χ4n) is 2.88. The van der Waals surface area contributed by atoms with Crippen molar-refractivity contribution in [2.75, 3.05) is 12.4 Å². The van der Waals surface area contributed by atoms with E-state index >= 15 is 0 Å². The number of carbonyl (C=O) groups excluding carboxylic acids is 1. The summed E-state index contributed by atoms with van der Waals surface area (Å²) < 4.78 is 10.9. The van der Waals surface area contributed by atoms with Gasteiger partial charge in [0, 0.05) is 11.3 Å². The van der Waals surface area contributed by atoms with E-state index in [2.05, 4.69) is 10.5 Å². The van der Waals surface area contributed by atoms with E-state index in [4.69, 9.17) is 9.47 Å². The molecule has 0 saturated carbocycles. The van der Waals surface area contributed by atoms with E-state index in [1.165, 1.54) is 7.11 Å². The predicted molar refractivity (Wildman–Crippen MR) is 94.6 cm³/mol. The number of anilines is 1. The Labute approximate surface area is 146 Å². The normalized spacial score (nSPS) is 17.6. The lowest BCUT2D eigenvalue weighted by Crippen LogP contribution is -2.37. The number of hydrogen-bond donors (Lipinski definition) is 2. The van der Waals surface area contributed by atoms with Crippen molar-refractivity contribution >= 4 is 17.5 Å². The van der Waals surface area contributed by atoms with Crippen LogP contribution in [0, 0.1) is 19.8 Å². The molecule has 1 atom stereocenters. The highest BCUT2D eigenvalue weighted by atomic mass is 16.5. The van der Waals surface area contributed by atoms with Gasteiger partial charge in [-0.2, -0.15) is 0 Å². The number of fused-ring (bicyclic) bond motifs is 1. The van der Waals surface area contributed by atoms with Crippen molar-refractivity contribution in [1.29, 1.82) is 0 Å². The molecule has 3 rings (SSSR count). The van der Waals surface area contributed by atoms with E-state index in [9.17, 15) is 10.0 Å². The van der Waals surface area contributed by atoms with Gasteiger partial charge in [-0.05, 0) is 43.5 Å². The van der Waals surface area contributed by atoms with Gasteiger partial charge >= 0.3 is 0 Å². The summed E-state index contributed by atoms with van der Waals surface area (Å²) in [6, 6.07) is 11.2. The fourth-order valence-corrected chi connectivity index (χ4v) is 2.88. The highest BCUT2D eigenvalue weighted by molar-refractivity contribution is 6.08. The lowest BCUT2D eigenvalue weighted by atomic mass is 9.94. The van der Waals surface area contributed by atoms with Gasteiger partial charge in [0.1, 0.15) is 5.92 Å². The van der Waals surface area contributed by atoms with E-state index in [-0.39, 0.29) is 11.8 Å². The number of benzene rings is 2. The van der Waals surface area contributed by atoms with Gasteiger partial charge in [0.15, 0.2) is 11.5 Å². The van der Waals surface area contributed by atoms with Gasteiger partial charge in [0.05, 0.1) is 7.11 Å². The number of nitrogens with zero attached hydrogens (tertiary/aromatic N) is 1. The van der Waals surface area contributed by atoms with Crippen molar-refractivity contribution in [3.8, 4) is 11.5 Å². The molecule has 0 fully saturated rings. The van der Waals surface area contributed by atoms with Crippen LogP contribution in [0.5, 0.6) is 11.5 Å². The van der Waals surface area contributed by atoms with Gasteiger partial charge in [0.2, 0.25) is 11.8 Å². The summed E-state index contributed by atoms with van der Waals surface area (Å²) in [5, 5.41) is 15.4. The minimum Gasteiger partial charge on any atom is -0.493 e. The molecule has 2 N–H and O–H groups in total. The van der Waals surface area contributed by atoms with Gasteiger partial charge in [-0.25, -0.2) is 0 Å². The number of amides is 1. The molecule has 0 aromatic heterocycles. The molecule has 1 aliphatic rings. The molecule has 25 heavy (non-hydrogen) atoms. The van der Waals surface area contributed by atoms with Crippen LogP contribution in [0.4, 0.5) is 5.69 Å². The minimum absolute atomic E-state index is 0.0418. The van der Waals surface area contributed by atoms with Crippen LogP contribution in [0.25, 0.3) is 0 Å². The molecule has 0 saturated heterocycles. The summed E-state index contributed by atoms with van der Waals surface area (Å²) in [5.41, 5.74) is 3.65. The van der Waals surface area contributed by atoms with Crippen molar-refractivity contribution in [3.05, 3.63) is 53.1 Å².